The molecule has 1 N–H and O–H groups in total. The van der Waals surface area contributed by atoms with E-state index in [1.807, 2.05) is 12.1 Å². The summed E-state index contributed by atoms with van der Waals surface area (Å²) in [6, 6.07) is 7.24. The summed E-state index contributed by atoms with van der Waals surface area (Å²) < 4.78 is 0. The van der Waals surface area contributed by atoms with Gasteiger partial charge in [-0.15, -0.1) is 0 Å². The van der Waals surface area contributed by atoms with Gasteiger partial charge >= 0.3 is 0 Å². The molecule has 1 aliphatic rings. The van der Waals surface area contributed by atoms with Crippen LogP contribution in [0.2, 0.25) is 5.02 Å². The fraction of sp³-hybridized carbons (Fsp3) is 0.364. The predicted molar refractivity (Wildman–Crippen MR) is 56.8 cm³/mol. The molecule has 2 nitrogen and oxygen atoms in total. The summed E-state index contributed by atoms with van der Waals surface area (Å²) in [7, 11) is 0. The van der Waals surface area contributed by atoms with Gasteiger partial charge in [0.15, 0.2) is 5.78 Å². The van der Waals surface area contributed by atoms with Gasteiger partial charge < -0.3 is 5.32 Å². The molecule has 1 aliphatic heterocycles. The first kappa shape index (κ1) is 9.69. The molecule has 14 heavy (non-hydrogen) atoms. The third-order valence-electron chi connectivity index (χ3n) is 2.57. The Kier molecular flexibility index (Phi) is 2.85. The summed E-state index contributed by atoms with van der Waals surface area (Å²) in [5, 5.41) is 3.74. The van der Waals surface area contributed by atoms with Crippen LogP contribution in [0.4, 0.5) is 0 Å². The second-order valence-electron chi connectivity index (χ2n) is 3.53. The SMILES string of the molecule is O=C(c1ccccc1Cl)C1CCNC1. The van der Waals surface area contributed by atoms with Gasteiger partial charge in [-0.05, 0) is 25.1 Å². The maximum Gasteiger partial charge on any atom is 0.168 e. The molecule has 1 fully saturated rings. The van der Waals surface area contributed by atoms with Crippen LogP contribution < -0.4 is 5.32 Å². The van der Waals surface area contributed by atoms with Crippen LogP contribution in [0.3, 0.4) is 0 Å². The van der Waals surface area contributed by atoms with Crippen molar-refractivity contribution in [2.24, 2.45) is 5.92 Å². The number of ketones is 1. The molecule has 1 saturated heterocycles. The fourth-order valence-corrected chi connectivity index (χ4v) is 1.99. The molecule has 0 bridgehead atoms. The quantitative estimate of drug-likeness (QED) is 0.757. The van der Waals surface area contributed by atoms with Crippen molar-refractivity contribution in [2.45, 2.75) is 6.42 Å². The van der Waals surface area contributed by atoms with E-state index in [9.17, 15) is 4.79 Å². The van der Waals surface area contributed by atoms with Crippen LogP contribution in [0.5, 0.6) is 0 Å². The molecular weight excluding hydrogens is 198 g/mol. The summed E-state index contributed by atoms with van der Waals surface area (Å²) in [6.07, 6.45) is 0.921. The Morgan fingerprint density at radius 3 is 2.86 bits per heavy atom. The van der Waals surface area contributed by atoms with Gasteiger partial charge in [-0.3, -0.25) is 4.79 Å². The van der Waals surface area contributed by atoms with Crippen molar-refractivity contribution in [3.05, 3.63) is 34.9 Å². The van der Waals surface area contributed by atoms with Crippen LogP contribution in [0.1, 0.15) is 16.8 Å². The minimum Gasteiger partial charge on any atom is -0.316 e. The molecule has 0 radical (unpaired) electrons. The Labute approximate surface area is 88.3 Å². The Bertz CT molecular complexity index is 345. The minimum absolute atomic E-state index is 0.106. The summed E-state index contributed by atoms with van der Waals surface area (Å²) in [5.41, 5.74) is 0.655. The lowest BCUT2D eigenvalue weighted by Gasteiger charge is -2.08. The zero-order chi connectivity index (χ0) is 9.97. The monoisotopic (exact) mass is 209 g/mol. The highest BCUT2D eigenvalue weighted by molar-refractivity contribution is 6.34. The summed E-state index contributed by atoms with van der Waals surface area (Å²) >= 11 is 5.96. The summed E-state index contributed by atoms with van der Waals surface area (Å²) in [6.45, 7) is 1.71. The lowest BCUT2D eigenvalue weighted by molar-refractivity contribution is 0.0930. The van der Waals surface area contributed by atoms with Crippen molar-refractivity contribution >= 4 is 17.4 Å². The normalized spacial score (nSPS) is 21.1. The molecule has 0 spiro atoms. The molecule has 1 aromatic carbocycles. The first-order valence-corrected chi connectivity index (χ1v) is 5.16. The van der Waals surface area contributed by atoms with Gasteiger partial charge in [0.05, 0.1) is 5.02 Å². The smallest absolute Gasteiger partial charge is 0.168 e. The van der Waals surface area contributed by atoms with E-state index in [1.165, 1.54) is 0 Å². The van der Waals surface area contributed by atoms with E-state index in [1.54, 1.807) is 12.1 Å². The molecule has 0 amide bonds. The molecule has 3 heteroatoms. The number of carbonyl (C=O) groups excluding carboxylic acids is 1. The molecule has 1 aromatic rings. The summed E-state index contributed by atoms with van der Waals surface area (Å²) in [4.78, 5) is 11.9. The molecule has 0 aromatic heterocycles. The second kappa shape index (κ2) is 4.11. The van der Waals surface area contributed by atoms with E-state index >= 15 is 0 Å². The Morgan fingerprint density at radius 1 is 1.43 bits per heavy atom. The van der Waals surface area contributed by atoms with E-state index < -0.39 is 0 Å². The first-order valence-electron chi connectivity index (χ1n) is 4.78. The van der Waals surface area contributed by atoms with Crippen LogP contribution in [0.25, 0.3) is 0 Å². The van der Waals surface area contributed by atoms with E-state index in [4.69, 9.17) is 11.6 Å². The number of hydrogen-bond donors (Lipinski definition) is 1. The van der Waals surface area contributed by atoms with Gasteiger partial charge in [-0.1, -0.05) is 23.7 Å². The number of nitrogens with one attached hydrogen (secondary N) is 1. The number of benzene rings is 1. The Hall–Kier alpha value is -0.860. The van der Waals surface area contributed by atoms with Crippen LogP contribution in [-0.2, 0) is 0 Å². The molecular formula is C11H12ClNO. The van der Waals surface area contributed by atoms with Gasteiger partial charge in [0.2, 0.25) is 0 Å². The van der Waals surface area contributed by atoms with Gasteiger partial charge in [-0.2, -0.15) is 0 Å². The maximum absolute atomic E-state index is 11.9. The van der Waals surface area contributed by atoms with E-state index in [0.29, 0.717) is 10.6 Å². The molecule has 1 unspecified atom stereocenters. The average molecular weight is 210 g/mol. The average Bonchev–Trinajstić information content (AvgIpc) is 2.70. The van der Waals surface area contributed by atoms with Crippen molar-refractivity contribution < 1.29 is 4.79 Å². The Morgan fingerprint density at radius 2 is 2.21 bits per heavy atom. The first-order chi connectivity index (χ1) is 6.79. The number of Topliss-reactive ketones (excluding diaryl/α,β-unsaturated/α-hetero) is 1. The van der Waals surface area contributed by atoms with Crippen LogP contribution in [0.15, 0.2) is 24.3 Å². The lowest BCUT2D eigenvalue weighted by Crippen LogP contribution is -2.18. The van der Waals surface area contributed by atoms with Crippen molar-refractivity contribution in [1.82, 2.24) is 5.32 Å². The molecule has 1 atom stereocenters. The third-order valence-corrected chi connectivity index (χ3v) is 2.90. The minimum atomic E-state index is 0.106. The number of rotatable bonds is 2. The topological polar surface area (TPSA) is 29.1 Å². The van der Waals surface area contributed by atoms with Crippen LogP contribution in [-0.4, -0.2) is 18.9 Å². The van der Waals surface area contributed by atoms with E-state index in [0.717, 1.165) is 19.5 Å². The van der Waals surface area contributed by atoms with Crippen LogP contribution >= 0.6 is 11.6 Å². The standard InChI is InChI=1S/C11H12ClNO/c12-10-4-2-1-3-9(10)11(14)8-5-6-13-7-8/h1-4,8,13H,5-7H2. The van der Waals surface area contributed by atoms with E-state index in [2.05, 4.69) is 5.32 Å². The van der Waals surface area contributed by atoms with Gasteiger partial charge in [-0.25, -0.2) is 0 Å². The number of carbonyl (C=O) groups is 1. The maximum atomic E-state index is 11.9. The number of halogens is 1. The van der Waals surface area contributed by atoms with Gasteiger partial charge in [0.1, 0.15) is 0 Å². The molecule has 2 rings (SSSR count). The largest absolute Gasteiger partial charge is 0.316 e. The molecule has 74 valence electrons. The second-order valence-corrected chi connectivity index (χ2v) is 3.94. The zero-order valence-electron chi connectivity index (χ0n) is 7.79. The predicted octanol–water partition coefficient (Wildman–Crippen LogP) is 2.13. The molecule has 0 aliphatic carbocycles. The molecule has 1 heterocycles. The highest BCUT2D eigenvalue weighted by Gasteiger charge is 2.24. The summed E-state index contributed by atoms with van der Waals surface area (Å²) in [5.74, 6) is 0.274. The van der Waals surface area contributed by atoms with Crippen molar-refractivity contribution in [3.8, 4) is 0 Å². The highest BCUT2D eigenvalue weighted by atomic mass is 35.5. The van der Waals surface area contributed by atoms with E-state index in [-0.39, 0.29) is 11.7 Å². The van der Waals surface area contributed by atoms with Crippen molar-refractivity contribution in [3.63, 3.8) is 0 Å². The van der Waals surface area contributed by atoms with Crippen LogP contribution in [0, 0.1) is 5.92 Å². The number of hydrogen-bond acceptors (Lipinski definition) is 2. The molecule has 0 saturated carbocycles. The van der Waals surface area contributed by atoms with Gasteiger partial charge in [0.25, 0.3) is 0 Å². The highest BCUT2D eigenvalue weighted by Crippen LogP contribution is 2.21. The van der Waals surface area contributed by atoms with Crippen molar-refractivity contribution in [1.29, 1.82) is 0 Å². The van der Waals surface area contributed by atoms with Crippen molar-refractivity contribution in [2.75, 3.05) is 13.1 Å². The third kappa shape index (κ3) is 1.81. The fourth-order valence-electron chi connectivity index (χ4n) is 1.76. The van der Waals surface area contributed by atoms with Gasteiger partial charge in [0, 0.05) is 18.0 Å². The zero-order valence-corrected chi connectivity index (χ0v) is 8.55. The Balaban J connectivity index is 2.22. The lowest BCUT2D eigenvalue weighted by atomic mass is 9.97.